The van der Waals surface area contributed by atoms with E-state index in [2.05, 4.69) is 0 Å². The van der Waals surface area contributed by atoms with E-state index < -0.39 is 0 Å². The van der Waals surface area contributed by atoms with E-state index in [9.17, 15) is 9.59 Å². The van der Waals surface area contributed by atoms with E-state index >= 15 is 0 Å². The second kappa shape index (κ2) is 9.78. The van der Waals surface area contributed by atoms with Gasteiger partial charge in [0.25, 0.3) is 11.8 Å². The van der Waals surface area contributed by atoms with E-state index in [1.54, 1.807) is 43.7 Å². The number of benzene rings is 2. The van der Waals surface area contributed by atoms with Gasteiger partial charge >= 0.3 is 0 Å². The number of furan rings is 1. The minimum absolute atomic E-state index is 0.349. The second-order valence-electron chi connectivity index (χ2n) is 7.09. The molecule has 2 amide bonds. The van der Waals surface area contributed by atoms with Gasteiger partial charge in [-0.1, -0.05) is 19.1 Å². The Hall–Kier alpha value is -3.45. The monoisotopic (exact) mass is 449 g/mol. The Morgan fingerprint density at radius 1 is 0.938 bits per heavy atom. The number of carbonyl (C=O) groups excluding carboxylic acids is 2. The summed E-state index contributed by atoms with van der Waals surface area (Å²) in [6.45, 7) is 2.66. The van der Waals surface area contributed by atoms with Crippen LogP contribution in [0.2, 0.25) is 0 Å². The molecular formula is C25H23NO5S. The number of ether oxygens (including phenoxy) is 2. The molecule has 2 aromatic carbocycles. The third kappa shape index (κ3) is 4.43. The largest absolute Gasteiger partial charge is 0.497 e. The van der Waals surface area contributed by atoms with E-state index in [1.165, 1.54) is 16.7 Å². The van der Waals surface area contributed by atoms with Crippen LogP contribution in [-0.4, -0.2) is 25.5 Å². The van der Waals surface area contributed by atoms with E-state index in [0.717, 1.165) is 17.9 Å². The number of methoxy groups -OCH3 is 1. The highest BCUT2D eigenvalue weighted by molar-refractivity contribution is 8.03. The maximum atomic E-state index is 13.4. The molecule has 3 aromatic rings. The molecule has 0 fully saturated rings. The van der Waals surface area contributed by atoms with E-state index in [4.69, 9.17) is 13.9 Å². The highest BCUT2D eigenvalue weighted by Crippen LogP contribution is 2.40. The van der Waals surface area contributed by atoms with Gasteiger partial charge in [-0.05, 0) is 60.5 Å². The summed E-state index contributed by atoms with van der Waals surface area (Å²) in [4.78, 5) is 28.4. The molecule has 0 radical (unpaired) electrons. The van der Waals surface area contributed by atoms with Gasteiger partial charge in [-0.15, -0.1) is 11.8 Å². The van der Waals surface area contributed by atoms with Crippen molar-refractivity contribution in [3.05, 3.63) is 83.2 Å². The Morgan fingerprint density at radius 3 is 2.28 bits per heavy atom. The second-order valence-corrected chi connectivity index (χ2v) is 8.07. The lowest BCUT2D eigenvalue weighted by Gasteiger charge is -2.15. The van der Waals surface area contributed by atoms with Crippen LogP contribution in [0.5, 0.6) is 11.5 Å². The summed E-state index contributed by atoms with van der Waals surface area (Å²) < 4.78 is 16.2. The fourth-order valence-corrected chi connectivity index (χ4v) is 4.35. The highest BCUT2D eigenvalue weighted by Gasteiger charge is 2.40. The number of rotatable bonds is 9. The van der Waals surface area contributed by atoms with Crippen LogP contribution in [0.1, 0.15) is 24.7 Å². The molecule has 2 heterocycles. The quantitative estimate of drug-likeness (QED) is 0.413. The normalized spacial score (nSPS) is 13.8. The number of thioether (sulfide) groups is 1. The SMILES string of the molecule is CCCOc1ccc(C2=C(SCc3ccco3)C(=O)N(c3ccc(OC)cc3)C2=O)cc1. The first-order valence-corrected chi connectivity index (χ1v) is 11.3. The standard InChI is InChI=1S/C25H23NO5S/c1-3-14-30-20-10-6-17(7-11-20)22-23(32-16-21-5-4-15-31-21)25(28)26(24(22)27)18-8-12-19(29-2)13-9-18/h4-13,15H,3,14,16H2,1-2H3. The minimum Gasteiger partial charge on any atom is -0.497 e. The molecule has 0 saturated carbocycles. The van der Waals surface area contributed by atoms with Crippen molar-refractivity contribution in [2.75, 3.05) is 18.6 Å². The molecule has 6 nitrogen and oxygen atoms in total. The summed E-state index contributed by atoms with van der Waals surface area (Å²) in [5.74, 6) is 1.84. The average molecular weight is 450 g/mol. The molecule has 164 valence electrons. The van der Waals surface area contributed by atoms with Gasteiger partial charge in [0.1, 0.15) is 17.3 Å². The third-order valence-electron chi connectivity index (χ3n) is 4.93. The topological polar surface area (TPSA) is 69.0 Å². The maximum absolute atomic E-state index is 13.4. The Kier molecular flexibility index (Phi) is 6.66. The first-order valence-electron chi connectivity index (χ1n) is 10.3. The summed E-state index contributed by atoms with van der Waals surface area (Å²) in [5, 5.41) is 0. The smallest absolute Gasteiger partial charge is 0.272 e. The van der Waals surface area contributed by atoms with Crippen molar-refractivity contribution in [3.63, 3.8) is 0 Å². The van der Waals surface area contributed by atoms with Gasteiger partial charge in [-0.2, -0.15) is 0 Å². The molecule has 0 unspecified atom stereocenters. The summed E-state index contributed by atoms with van der Waals surface area (Å²) >= 11 is 1.30. The summed E-state index contributed by atoms with van der Waals surface area (Å²) in [6.07, 6.45) is 2.50. The molecule has 7 heteroatoms. The fourth-order valence-electron chi connectivity index (χ4n) is 3.34. The maximum Gasteiger partial charge on any atom is 0.272 e. The third-order valence-corrected chi connectivity index (χ3v) is 6.02. The van der Waals surface area contributed by atoms with E-state index in [1.807, 2.05) is 37.3 Å². The van der Waals surface area contributed by atoms with Gasteiger partial charge in [0.2, 0.25) is 0 Å². The van der Waals surface area contributed by atoms with Crippen molar-refractivity contribution in [3.8, 4) is 11.5 Å². The summed E-state index contributed by atoms with van der Waals surface area (Å²) in [7, 11) is 1.57. The molecule has 0 N–H and O–H groups in total. The van der Waals surface area contributed by atoms with Crippen LogP contribution in [0.3, 0.4) is 0 Å². The Bertz CT molecular complexity index is 1120. The lowest BCUT2D eigenvalue weighted by molar-refractivity contribution is -0.119. The van der Waals surface area contributed by atoms with Crippen LogP contribution in [0, 0.1) is 0 Å². The van der Waals surface area contributed by atoms with Crippen LogP contribution < -0.4 is 14.4 Å². The predicted molar refractivity (Wildman–Crippen MR) is 125 cm³/mol. The first kappa shape index (κ1) is 21.8. The number of hydrogen-bond acceptors (Lipinski definition) is 6. The van der Waals surface area contributed by atoms with Crippen molar-refractivity contribution in [1.82, 2.24) is 0 Å². The van der Waals surface area contributed by atoms with Crippen LogP contribution in [0.4, 0.5) is 5.69 Å². The summed E-state index contributed by atoms with van der Waals surface area (Å²) in [6, 6.07) is 17.8. The molecule has 4 rings (SSSR count). The van der Waals surface area contributed by atoms with Gasteiger partial charge in [-0.3, -0.25) is 9.59 Å². The zero-order chi connectivity index (χ0) is 22.5. The average Bonchev–Trinajstić information content (AvgIpc) is 3.43. The van der Waals surface area contributed by atoms with Gasteiger partial charge in [-0.25, -0.2) is 4.90 Å². The lowest BCUT2D eigenvalue weighted by atomic mass is 10.1. The zero-order valence-electron chi connectivity index (χ0n) is 17.9. The van der Waals surface area contributed by atoms with Crippen molar-refractivity contribution < 1.29 is 23.5 Å². The number of hydrogen-bond donors (Lipinski definition) is 0. The minimum atomic E-state index is -0.357. The molecule has 0 atom stereocenters. The van der Waals surface area contributed by atoms with Gasteiger partial charge < -0.3 is 13.9 Å². The molecule has 0 aliphatic carbocycles. The fraction of sp³-hybridized carbons (Fsp3) is 0.200. The Morgan fingerprint density at radius 2 is 1.66 bits per heavy atom. The number of amides is 2. The van der Waals surface area contributed by atoms with E-state index in [0.29, 0.717) is 39.8 Å². The molecule has 0 spiro atoms. The predicted octanol–water partition coefficient (Wildman–Crippen LogP) is 5.29. The molecule has 0 saturated heterocycles. The van der Waals surface area contributed by atoms with Crippen molar-refractivity contribution in [2.24, 2.45) is 0 Å². The number of imide groups is 1. The van der Waals surface area contributed by atoms with Crippen molar-refractivity contribution in [2.45, 2.75) is 19.1 Å². The summed E-state index contributed by atoms with van der Waals surface area (Å²) in [5.41, 5.74) is 1.55. The first-order chi connectivity index (χ1) is 15.6. The Balaban J connectivity index is 1.68. The van der Waals surface area contributed by atoms with Crippen LogP contribution in [0.25, 0.3) is 5.57 Å². The molecule has 1 aromatic heterocycles. The zero-order valence-corrected chi connectivity index (χ0v) is 18.7. The molecule has 0 bridgehead atoms. The number of anilines is 1. The van der Waals surface area contributed by atoms with Crippen LogP contribution in [0.15, 0.2) is 76.2 Å². The molecule has 1 aliphatic heterocycles. The molecule has 1 aliphatic rings. The number of carbonyl (C=O) groups is 2. The Labute approximate surface area is 190 Å². The van der Waals surface area contributed by atoms with Gasteiger partial charge in [0.05, 0.1) is 41.9 Å². The van der Waals surface area contributed by atoms with Crippen molar-refractivity contribution in [1.29, 1.82) is 0 Å². The molecule has 32 heavy (non-hydrogen) atoms. The number of nitrogens with zero attached hydrogens (tertiary/aromatic N) is 1. The van der Waals surface area contributed by atoms with Gasteiger partial charge in [0, 0.05) is 0 Å². The van der Waals surface area contributed by atoms with Crippen molar-refractivity contribution >= 4 is 34.8 Å². The lowest BCUT2D eigenvalue weighted by Crippen LogP contribution is -2.31. The van der Waals surface area contributed by atoms with Crippen LogP contribution in [-0.2, 0) is 15.3 Å². The molecular weight excluding hydrogens is 426 g/mol. The van der Waals surface area contributed by atoms with Crippen LogP contribution >= 0.6 is 11.8 Å². The van der Waals surface area contributed by atoms with E-state index in [-0.39, 0.29) is 11.8 Å². The highest BCUT2D eigenvalue weighted by atomic mass is 32.2. The van der Waals surface area contributed by atoms with Gasteiger partial charge in [0.15, 0.2) is 0 Å².